The van der Waals surface area contributed by atoms with Gasteiger partial charge in [-0.3, -0.25) is 4.79 Å². The van der Waals surface area contributed by atoms with Crippen LogP contribution in [0.15, 0.2) is 72.0 Å². The maximum Gasteiger partial charge on any atom is 0.295 e. The fourth-order valence-electron chi connectivity index (χ4n) is 3.98. The highest BCUT2D eigenvalue weighted by Gasteiger charge is 2.68. The van der Waals surface area contributed by atoms with E-state index < -0.39 is 11.4 Å². The highest BCUT2D eigenvalue weighted by Crippen LogP contribution is 2.55. The molecule has 1 fully saturated rings. The average Bonchev–Trinajstić information content (AvgIpc) is 3.03. The largest absolute Gasteiger partial charge is 0.492 e. The first kappa shape index (κ1) is 17.0. The van der Waals surface area contributed by atoms with Crippen molar-refractivity contribution in [2.75, 3.05) is 6.61 Å². The van der Waals surface area contributed by atoms with Gasteiger partial charge < -0.3 is 14.2 Å². The molecule has 134 valence electrons. The Bertz CT molecular complexity index is 817. The van der Waals surface area contributed by atoms with E-state index in [1.807, 2.05) is 74.5 Å². The minimum atomic E-state index is -1.45. The number of carbonyl (C=O) groups is 1. The minimum absolute atomic E-state index is 0.165. The summed E-state index contributed by atoms with van der Waals surface area (Å²) < 4.78 is 18.5. The van der Waals surface area contributed by atoms with Crippen molar-refractivity contribution in [1.29, 1.82) is 0 Å². The van der Waals surface area contributed by atoms with Gasteiger partial charge in [-0.25, -0.2) is 0 Å². The second-order valence-corrected chi connectivity index (χ2v) is 6.66. The van der Waals surface area contributed by atoms with Gasteiger partial charge in [-0.05, 0) is 31.9 Å². The van der Waals surface area contributed by atoms with Gasteiger partial charge in [0.1, 0.15) is 5.60 Å². The molecule has 1 aliphatic carbocycles. The van der Waals surface area contributed by atoms with E-state index in [1.165, 1.54) is 0 Å². The molecule has 0 saturated carbocycles. The van der Waals surface area contributed by atoms with Gasteiger partial charge in [0, 0.05) is 5.57 Å². The van der Waals surface area contributed by atoms with Crippen LogP contribution in [0.5, 0.6) is 0 Å². The molecule has 1 heterocycles. The second kappa shape index (κ2) is 6.08. The lowest BCUT2D eigenvalue weighted by Gasteiger charge is -2.39. The smallest absolute Gasteiger partial charge is 0.295 e. The number of ether oxygens (including phenoxy) is 3. The van der Waals surface area contributed by atoms with Crippen molar-refractivity contribution in [3.8, 4) is 0 Å². The lowest BCUT2D eigenvalue weighted by Crippen LogP contribution is -2.53. The molecule has 2 aliphatic rings. The Balaban J connectivity index is 1.88. The van der Waals surface area contributed by atoms with Crippen molar-refractivity contribution < 1.29 is 19.0 Å². The minimum Gasteiger partial charge on any atom is -0.492 e. The summed E-state index contributed by atoms with van der Waals surface area (Å²) in [5.41, 5.74) is 1.57. The van der Waals surface area contributed by atoms with Gasteiger partial charge in [-0.15, -0.1) is 0 Å². The molecule has 0 bridgehead atoms. The predicted octanol–water partition coefficient (Wildman–Crippen LogP) is 3.96. The molecule has 4 nitrogen and oxygen atoms in total. The van der Waals surface area contributed by atoms with Crippen LogP contribution in [-0.2, 0) is 24.6 Å². The van der Waals surface area contributed by atoms with Crippen LogP contribution in [-0.4, -0.2) is 24.3 Å². The van der Waals surface area contributed by atoms with Gasteiger partial charge in [0.15, 0.2) is 5.76 Å². The molecule has 2 aromatic carbocycles. The normalized spacial score (nSPS) is 26.9. The summed E-state index contributed by atoms with van der Waals surface area (Å²) >= 11 is 0. The predicted molar refractivity (Wildman–Crippen MR) is 97.4 cm³/mol. The molecule has 4 rings (SSSR count). The number of hydrogen-bond donors (Lipinski definition) is 0. The molecule has 2 atom stereocenters. The van der Waals surface area contributed by atoms with Crippen LogP contribution in [0.2, 0.25) is 0 Å². The Labute approximate surface area is 153 Å². The first-order valence-corrected chi connectivity index (χ1v) is 8.94. The van der Waals surface area contributed by atoms with Gasteiger partial charge in [-0.1, -0.05) is 60.7 Å². The third-order valence-electron chi connectivity index (χ3n) is 5.19. The van der Waals surface area contributed by atoms with Crippen molar-refractivity contribution in [3.63, 3.8) is 0 Å². The summed E-state index contributed by atoms with van der Waals surface area (Å²) in [5.74, 6) is -1.13. The molecular weight excluding hydrogens is 328 g/mol. The Hall–Kier alpha value is -2.43. The van der Waals surface area contributed by atoms with Crippen LogP contribution in [0.25, 0.3) is 0 Å². The van der Waals surface area contributed by atoms with Crippen LogP contribution in [0.3, 0.4) is 0 Å². The molecule has 1 aliphatic heterocycles. The summed E-state index contributed by atoms with van der Waals surface area (Å²) in [5, 5.41) is 0. The van der Waals surface area contributed by atoms with Gasteiger partial charge >= 0.3 is 0 Å². The highest BCUT2D eigenvalue weighted by molar-refractivity contribution is 6.10. The van der Waals surface area contributed by atoms with E-state index in [0.717, 1.165) is 11.1 Å². The molecule has 2 aromatic rings. The Morgan fingerprint density at radius 2 is 1.54 bits per heavy atom. The molecule has 1 saturated heterocycles. The summed E-state index contributed by atoms with van der Waals surface area (Å²) in [6.45, 7) is 6.03. The quantitative estimate of drug-likeness (QED) is 0.837. The molecule has 1 unspecified atom stereocenters. The van der Waals surface area contributed by atoms with Crippen LogP contribution < -0.4 is 0 Å². The second-order valence-electron chi connectivity index (χ2n) is 6.66. The summed E-state index contributed by atoms with van der Waals surface area (Å²) in [6, 6.07) is 19.8. The zero-order chi connectivity index (χ0) is 18.4. The molecule has 0 aromatic heterocycles. The Kier molecular flexibility index (Phi) is 3.98. The standard InChI is InChI=1S/C22H22O4/c1-4-24-20-15(2)19(23)22(20)25-16(3)21(26-22,17-11-7-5-8-12-17)18-13-9-6-10-14-18/h5-14,16H,4H2,1-3H3/t16-,22?/m0/s1. The third-order valence-corrected chi connectivity index (χ3v) is 5.19. The van der Waals surface area contributed by atoms with Crippen molar-refractivity contribution >= 4 is 5.78 Å². The number of carbonyl (C=O) groups excluding carboxylic acids is 1. The Morgan fingerprint density at radius 1 is 1.00 bits per heavy atom. The van der Waals surface area contributed by atoms with E-state index >= 15 is 0 Å². The summed E-state index contributed by atoms with van der Waals surface area (Å²) in [4.78, 5) is 12.8. The van der Waals surface area contributed by atoms with E-state index in [-0.39, 0.29) is 11.9 Å². The Morgan fingerprint density at radius 3 is 2.04 bits per heavy atom. The third kappa shape index (κ3) is 2.12. The molecule has 1 spiro atoms. The maximum atomic E-state index is 12.8. The van der Waals surface area contributed by atoms with Crippen LogP contribution >= 0.6 is 0 Å². The van der Waals surface area contributed by atoms with Crippen molar-refractivity contribution in [3.05, 3.63) is 83.1 Å². The van der Waals surface area contributed by atoms with Gasteiger partial charge in [0.2, 0.25) is 5.78 Å². The number of Topliss-reactive ketones (excluding diaryl/α,β-unsaturated/α-hetero) is 1. The highest BCUT2D eigenvalue weighted by atomic mass is 16.8. The van der Waals surface area contributed by atoms with Crippen LogP contribution in [0, 0.1) is 0 Å². The lowest BCUT2D eigenvalue weighted by atomic mass is 9.82. The fourth-order valence-corrected chi connectivity index (χ4v) is 3.98. The molecular formula is C22H22O4. The first-order valence-electron chi connectivity index (χ1n) is 8.94. The molecule has 0 N–H and O–H groups in total. The zero-order valence-electron chi connectivity index (χ0n) is 15.2. The molecule has 0 radical (unpaired) electrons. The molecule has 26 heavy (non-hydrogen) atoms. The van der Waals surface area contributed by atoms with E-state index in [9.17, 15) is 4.79 Å². The fraction of sp³-hybridized carbons (Fsp3) is 0.318. The van der Waals surface area contributed by atoms with Crippen molar-refractivity contribution in [2.45, 2.75) is 38.3 Å². The number of benzene rings is 2. The maximum absolute atomic E-state index is 12.8. The van der Waals surface area contributed by atoms with Gasteiger partial charge in [0.25, 0.3) is 5.79 Å². The number of rotatable bonds is 4. The first-order chi connectivity index (χ1) is 12.6. The zero-order valence-corrected chi connectivity index (χ0v) is 15.2. The van der Waals surface area contributed by atoms with E-state index in [4.69, 9.17) is 14.2 Å². The summed E-state index contributed by atoms with van der Waals surface area (Å²) in [6.07, 6.45) is -0.375. The van der Waals surface area contributed by atoms with Gasteiger partial charge in [0.05, 0.1) is 12.7 Å². The van der Waals surface area contributed by atoms with Gasteiger partial charge in [-0.2, -0.15) is 0 Å². The van der Waals surface area contributed by atoms with Crippen molar-refractivity contribution in [2.24, 2.45) is 0 Å². The topological polar surface area (TPSA) is 44.8 Å². The van der Waals surface area contributed by atoms with E-state index in [2.05, 4.69) is 0 Å². The number of hydrogen-bond acceptors (Lipinski definition) is 4. The summed E-state index contributed by atoms with van der Waals surface area (Å²) in [7, 11) is 0. The average molecular weight is 350 g/mol. The monoisotopic (exact) mass is 350 g/mol. The SMILES string of the molecule is CCOC1=C(C)C(=O)C12O[C@@H](C)C(c1ccccc1)(c1ccccc1)O2. The van der Waals surface area contributed by atoms with Crippen LogP contribution in [0.1, 0.15) is 31.9 Å². The van der Waals surface area contributed by atoms with E-state index in [0.29, 0.717) is 17.9 Å². The van der Waals surface area contributed by atoms with E-state index in [1.54, 1.807) is 6.92 Å². The van der Waals surface area contributed by atoms with Crippen molar-refractivity contribution in [1.82, 2.24) is 0 Å². The van der Waals surface area contributed by atoms with Crippen LogP contribution in [0.4, 0.5) is 0 Å². The molecule has 0 amide bonds. The lowest BCUT2D eigenvalue weighted by molar-refractivity contribution is -0.201. The molecule has 4 heteroatoms. The number of ketones is 1.